The van der Waals surface area contributed by atoms with Gasteiger partial charge < -0.3 is 28.6 Å². The fourth-order valence-corrected chi connectivity index (χ4v) is 4.30. The van der Waals surface area contributed by atoms with E-state index in [9.17, 15) is 23.1 Å². The lowest BCUT2D eigenvalue weighted by Crippen LogP contribution is -2.52. The van der Waals surface area contributed by atoms with Gasteiger partial charge in [-0.15, -0.1) is 13.2 Å². The van der Waals surface area contributed by atoms with Crippen molar-refractivity contribution >= 4 is 16.9 Å². The van der Waals surface area contributed by atoms with Crippen molar-refractivity contribution < 1.29 is 42.0 Å². The van der Waals surface area contributed by atoms with Crippen LogP contribution in [-0.2, 0) is 16.0 Å². The maximum Gasteiger partial charge on any atom is 0.573 e. The summed E-state index contributed by atoms with van der Waals surface area (Å²) in [6.07, 6.45) is -3.42. The van der Waals surface area contributed by atoms with Crippen LogP contribution in [0.3, 0.4) is 0 Å². The first-order valence-electron chi connectivity index (χ1n) is 12.2. The molecular formula is C27H31F3N2O6. The number of halogens is 3. The van der Waals surface area contributed by atoms with E-state index in [0.29, 0.717) is 36.5 Å². The summed E-state index contributed by atoms with van der Waals surface area (Å²) < 4.78 is 59.8. The van der Waals surface area contributed by atoms with E-state index < -0.39 is 18.1 Å². The molecule has 206 valence electrons. The topological polar surface area (TPSA) is 82.4 Å². The molecule has 0 radical (unpaired) electrons. The fraction of sp³-hybridized carbons (Fsp3) is 0.444. The number of hydrogen-bond donors (Lipinski definition) is 1. The van der Waals surface area contributed by atoms with E-state index in [1.54, 1.807) is 27.8 Å². The number of nitrogens with zero attached hydrogens (tertiary/aromatic N) is 2. The van der Waals surface area contributed by atoms with Crippen LogP contribution in [0, 0.1) is 6.92 Å². The summed E-state index contributed by atoms with van der Waals surface area (Å²) >= 11 is 0. The van der Waals surface area contributed by atoms with Crippen molar-refractivity contribution in [2.75, 3.05) is 26.4 Å². The molecule has 1 aliphatic rings. The number of carbonyl (C=O) groups excluding carboxylic acids is 1. The van der Waals surface area contributed by atoms with Crippen LogP contribution in [0.15, 0.2) is 42.6 Å². The highest BCUT2D eigenvalue weighted by atomic mass is 19.4. The van der Waals surface area contributed by atoms with Crippen LogP contribution in [0.5, 0.6) is 17.4 Å². The maximum absolute atomic E-state index is 12.6. The van der Waals surface area contributed by atoms with Crippen molar-refractivity contribution in [3.63, 3.8) is 0 Å². The molecule has 0 spiro atoms. The summed E-state index contributed by atoms with van der Waals surface area (Å²) in [6, 6.07) is 8.75. The largest absolute Gasteiger partial charge is 0.573 e. The Morgan fingerprint density at radius 2 is 1.84 bits per heavy atom. The van der Waals surface area contributed by atoms with Crippen molar-refractivity contribution in [3.8, 4) is 17.4 Å². The van der Waals surface area contributed by atoms with Gasteiger partial charge in [-0.1, -0.05) is 12.1 Å². The Balaban J connectivity index is 1.47. The highest BCUT2D eigenvalue weighted by Crippen LogP contribution is 2.34. The first-order chi connectivity index (χ1) is 17.8. The number of aromatic hydroxyl groups is 1. The molecule has 0 aliphatic carbocycles. The summed E-state index contributed by atoms with van der Waals surface area (Å²) in [5.41, 5.74) is 0.854. The van der Waals surface area contributed by atoms with Gasteiger partial charge in [0.2, 0.25) is 0 Å². The number of carbonyl (C=O) groups is 1. The van der Waals surface area contributed by atoms with Gasteiger partial charge in [-0.25, -0.2) is 4.79 Å². The first-order valence-corrected chi connectivity index (χ1v) is 12.2. The van der Waals surface area contributed by atoms with Crippen LogP contribution in [0.4, 0.5) is 18.0 Å². The summed E-state index contributed by atoms with van der Waals surface area (Å²) in [7, 11) is 0. The lowest BCUT2D eigenvalue weighted by Gasteiger charge is -2.36. The van der Waals surface area contributed by atoms with E-state index in [0.717, 1.165) is 10.9 Å². The third-order valence-corrected chi connectivity index (χ3v) is 5.94. The molecule has 1 saturated heterocycles. The Labute approximate surface area is 218 Å². The zero-order chi connectivity index (χ0) is 27.7. The Kier molecular flexibility index (Phi) is 7.68. The van der Waals surface area contributed by atoms with Crippen molar-refractivity contribution in [1.82, 2.24) is 9.47 Å². The van der Waals surface area contributed by atoms with Gasteiger partial charge in [-0.2, -0.15) is 0 Å². The molecule has 1 aromatic heterocycles. The molecule has 2 aromatic carbocycles. The van der Waals surface area contributed by atoms with Gasteiger partial charge in [0.1, 0.15) is 23.7 Å². The van der Waals surface area contributed by atoms with Crippen molar-refractivity contribution in [1.29, 1.82) is 0 Å². The van der Waals surface area contributed by atoms with Gasteiger partial charge >= 0.3 is 12.5 Å². The third-order valence-electron chi connectivity index (χ3n) is 5.94. The summed E-state index contributed by atoms with van der Waals surface area (Å²) in [5.74, 6) is 0.293. The van der Waals surface area contributed by atoms with E-state index in [-0.39, 0.29) is 30.8 Å². The summed E-state index contributed by atoms with van der Waals surface area (Å²) in [5, 5.41) is 12.2. The molecule has 3 aromatic rings. The minimum atomic E-state index is -4.76. The lowest BCUT2D eigenvalue weighted by molar-refractivity contribution is -0.274. The van der Waals surface area contributed by atoms with Crippen LogP contribution in [-0.4, -0.2) is 65.0 Å². The summed E-state index contributed by atoms with van der Waals surface area (Å²) in [6.45, 7) is 8.88. The fourth-order valence-electron chi connectivity index (χ4n) is 4.30. The average Bonchev–Trinajstić information content (AvgIpc) is 3.12. The minimum absolute atomic E-state index is 0.0384. The lowest BCUT2D eigenvalue weighted by atomic mass is 10.1. The van der Waals surface area contributed by atoms with Gasteiger partial charge in [-0.05, 0) is 63.1 Å². The SMILES string of the molecule is Cc1cc(OCC2COCCN2C(=O)OC(C)(C)C)cc2cn(Cc3ccc(OC(F)(F)F)cc3)c(O)c12. The van der Waals surface area contributed by atoms with Gasteiger partial charge in [0.15, 0.2) is 5.88 Å². The van der Waals surface area contributed by atoms with Gasteiger partial charge in [0.05, 0.1) is 25.8 Å². The smallest absolute Gasteiger partial charge is 0.494 e. The molecule has 0 saturated carbocycles. The number of aromatic nitrogens is 1. The number of fused-ring (bicyclic) bond motifs is 1. The van der Waals surface area contributed by atoms with Crippen LogP contribution < -0.4 is 9.47 Å². The maximum atomic E-state index is 12.6. The monoisotopic (exact) mass is 536 g/mol. The van der Waals surface area contributed by atoms with Crippen molar-refractivity contribution in [3.05, 3.63) is 53.7 Å². The normalized spacial score (nSPS) is 16.5. The van der Waals surface area contributed by atoms with Crippen LogP contribution in [0.1, 0.15) is 31.9 Å². The number of benzene rings is 2. The molecule has 1 atom stereocenters. The van der Waals surface area contributed by atoms with Gasteiger partial charge in [0.25, 0.3) is 0 Å². The second kappa shape index (κ2) is 10.6. The molecule has 11 heteroatoms. The molecular weight excluding hydrogens is 505 g/mol. The van der Waals surface area contributed by atoms with E-state index in [1.165, 1.54) is 24.3 Å². The average molecular weight is 537 g/mol. The molecule has 1 aliphatic heterocycles. The Bertz CT molecular complexity index is 1280. The van der Waals surface area contributed by atoms with Gasteiger partial charge in [-0.3, -0.25) is 4.90 Å². The zero-order valence-corrected chi connectivity index (χ0v) is 21.7. The van der Waals surface area contributed by atoms with E-state index in [2.05, 4.69) is 4.74 Å². The predicted molar refractivity (Wildman–Crippen MR) is 134 cm³/mol. The Morgan fingerprint density at radius 3 is 2.50 bits per heavy atom. The molecule has 1 unspecified atom stereocenters. The second-order valence-corrected chi connectivity index (χ2v) is 10.2. The molecule has 8 nitrogen and oxygen atoms in total. The number of ether oxygens (including phenoxy) is 4. The molecule has 1 fully saturated rings. The molecule has 2 heterocycles. The number of aryl methyl sites for hydroxylation is 1. The van der Waals surface area contributed by atoms with E-state index in [4.69, 9.17) is 14.2 Å². The van der Waals surface area contributed by atoms with Crippen LogP contribution >= 0.6 is 0 Å². The third kappa shape index (κ3) is 6.83. The number of hydrogen-bond acceptors (Lipinski definition) is 6. The molecule has 4 rings (SSSR count). The van der Waals surface area contributed by atoms with Gasteiger partial charge in [0, 0.05) is 23.5 Å². The number of amides is 1. The number of alkyl halides is 3. The minimum Gasteiger partial charge on any atom is -0.494 e. The van der Waals surface area contributed by atoms with E-state index in [1.807, 2.05) is 27.7 Å². The highest BCUT2D eigenvalue weighted by molar-refractivity contribution is 5.92. The standard InChI is InChI=1S/C27H31F3N2O6/c1-17-11-22(36-16-20-15-35-10-9-32(20)25(34)38-26(2,3)4)12-19-14-31(24(33)23(17)19)13-18-5-7-21(8-6-18)37-27(28,29)30/h5-8,11-12,14,20,33H,9-10,13,15-16H2,1-4H3. The number of morpholine rings is 1. The second-order valence-electron chi connectivity index (χ2n) is 10.2. The van der Waals surface area contributed by atoms with Crippen LogP contribution in [0.25, 0.3) is 10.8 Å². The predicted octanol–water partition coefficient (Wildman–Crippen LogP) is 5.62. The Hall–Kier alpha value is -3.60. The van der Waals surface area contributed by atoms with E-state index >= 15 is 0 Å². The molecule has 1 amide bonds. The van der Waals surface area contributed by atoms with Crippen molar-refractivity contribution in [2.24, 2.45) is 0 Å². The number of rotatable bonds is 6. The summed E-state index contributed by atoms with van der Waals surface area (Å²) in [4.78, 5) is 14.3. The quantitative estimate of drug-likeness (QED) is 0.441. The van der Waals surface area contributed by atoms with Crippen molar-refractivity contribution in [2.45, 2.75) is 52.2 Å². The molecule has 1 N–H and O–H groups in total. The molecule has 38 heavy (non-hydrogen) atoms. The first kappa shape index (κ1) is 27.4. The zero-order valence-electron chi connectivity index (χ0n) is 21.7. The highest BCUT2D eigenvalue weighted by Gasteiger charge is 2.32. The van der Waals surface area contributed by atoms with Crippen LogP contribution in [0.2, 0.25) is 0 Å². The Morgan fingerprint density at radius 1 is 1.13 bits per heavy atom. The molecule has 0 bridgehead atoms.